The Bertz CT molecular complexity index is 1660. The summed E-state index contributed by atoms with van der Waals surface area (Å²) in [5.74, 6) is -0.802. The van der Waals surface area contributed by atoms with Crippen LogP contribution in [-0.2, 0) is 32.7 Å². The van der Waals surface area contributed by atoms with Crippen LogP contribution in [0.5, 0.6) is 0 Å². The fraction of sp³-hybridized carbons (Fsp3) is 0.778. The lowest BCUT2D eigenvalue weighted by Crippen LogP contribution is -2.37. The predicted octanol–water partition coefficient (Wildman–Crippen LogP) is 22.2. The van der Waals surface area contributed by atoms with Crippen molar-refractivity contribution in [1.82, 2.24) is 0 Å². The van der Waals surface area contributed by atoms with Gasteiger partial charge < -0.3 is 18.9 Å². The first kappa shape index (κ1) is 79.2. The molecule has 0 aromatic rings. The van der Waals surface area contributed by atoms with Gasteiger partial charge in [-0.25, -0.2) is 4.57 Å². The zero-order chi connectivity index (χ0) is 59.8. The minimum absolute atomic E-state index is 0.0271. The minimum atomic E-state index is -4.40. The van der Waals surface area contributed by atoms with Crippen molar-refractivity contribution in [2.45, 2.75) is 315 Å². The van der Waals surface area contributed by atoms with Gasteiger partial charge in [0.15, 0.2) is 6.10 Å². The van der Waals surface area contributed by atoms with Crippen LogP contribution in [-0.4, -0.2) is 74.9 Å². The Balaban J connectivity index is 4.01. The van der Waals surface area contributed by atoms with Gasteiger partial charge in [-0.3, -0.25) is 18.6 Å². The van der Waals surface area contributed by atoms with E-state index in [1.807, 2.05) is 21.1 Å². The molecule has 0 rings (SSSR count). The molecule has 0 fully saturated rings. The number of carbonyl (C=O) groups excluding carboxylic acids is 2. The van der Waals surface area contributed by atoms with Crippen LogP contribution in [0.1, 0.15) is 309 Å². The number of likely N-dealkylation sites (N-methyl/N-ethyl adjacent to an activating group) is 1. The maximum Gasteiger partial charge on any atom is 0.472 e. The maximum absolute atomic E-state index is 12.8. The molecule has 0 bridgehead atoms. The first-order chi connectivity index (χ1) is 40.0. The molecular weight excluding hydrogens is 1040 g/mol. The number of allylic oxidation sites excluding steroid dienone is 14. The zero-order valence-electron chi connectivity index (χ0n) is 54.2. The number of unbranched alkanes of at least 4 members (excludes halogenated alkanes) is 35. The SMILES string of the molecule is CC/C=C\C/C=C\C/C=C\C/C=C\C/C=C\CCCCCCCCCC(=O)OC(COC(=O)CCCCCCCCCCCCCCCCCCCCCCCCC/C=C\C/C=C\CCCCCCC)COP(=O)(O)OCC[N+](C)(C)C. The van der Waals surface area contributed by atoms with Crippen molar-refractivity contribution in [1.29, 1.82) is 0 Å². The van der Waals surface area contributed by atoms with E-state index in [0.29, 0.717) is 17.4 Å². The largest absolute Gasteiger partial charge is 0.472 e. The molecule has 2 unspecified atom stereocenters. The Labute approximate surface area is 507 Å². The van der Waals surface area contributed by atoms with E-state index in [2.05, 4.69) is 98.9 Å². The summed E-state index contributed by atoms with van der Waals surface area (Å²) >= 11 is 0. The zero-order valence-corrected chi connectivity index (χ0v) is 55.1. The van der Waals surface area contributed by atoms with Gasteiger partial charge in [-0.2, -0.15) is 0 Å². The molecule has 0 aliphatic carbocycles. The molecule has 0 amide bonds. The summed E-state index contributed by atoms with van der Waals surface area (Å²) in [7, 11) is 1.47. The molecule has 0 aliphatic rings. The van der Waals surface area contributed by atoms with E-state index in [1.54, 1.807) is 0 Å². The van der Waals surface area contributed by atoms with Crippen molar-refractivity contribution in [3.05, 3.63) is 85.1 Å². The molecule has 0 aromatic heterocycles. The van der Waals surface area contributed by atoms with Crippen molar-refractivity contribution < 1.29 is 42.1 Å². The van der Waals surface area contributed by atoms with Crippen molar-refractivity contribution >= 4 is 19.8 Å². The number of hydrogen-bond acceptors (Lipinski definition) is 7. The fourth-order valence-corrected chi connectivity index (χ4v) is 10.4. The van der Waals surface area contributed by atoms with Gasteiger partial charge in [0.25, 0.3) is 0 Å². The summed E-state index contributed by atoms with van der Waals surface area (Å²) in [6.07, 6.45) is 85.5. The van der Waals surface area contributed by atoms with Crippen LogP contribution in [0.3, 0.4) is 0 Å². The monoisotopic (exact) mass is 1170 g/mol. The molecular formula is C72H131NO8P+. The van der Waals surface area contributed by atoms with Crippen molar-refractivity contribution in [3.63, 3.8) is 0 Å². The number of nitrogens with zero attached hydrogens (tertiary/aromatic N) is 1. The van der Waals surface area contributed by atoms with Gasteiger partial charge in [0.2, 0.25) is 0 Å². The Morgan fingerprint density at radius 1 is 0.390 bits per heavy atom. The van der Waals surface area contributed by atoms with Crippen LogP contribution in [0.25, 0.3) is 0 Å². The van der Waals surface area contributed by atoms with E-state index in [1.165, 1.54) is 193 Å². The van der Waals surface area contributed by atoms with E-state index < -0.39 is 26.5 Å². The van der Waals surface area contributed by atoms with Crippen LogP contribution in [0.4, 0.5) is 0 Å². The van der Waals surface area contributed by atoms with Crippen molar-refractivity contribution in [2.24, 2.45) is 0 Å². The summed E-state index contributed by atoms with van der Waals surface area (Å²) in [5, 5.41) is 0. The van der Waals surface area contributed by atoms with Gasteiger partial charge >= 0.3 is 19.8 Å². The number of hydrogen-bond donors (Lipinski definition) is 1. The maximum atomic E-state index is 12.8. The third kappa shape index (κ3) is 66.3. The second-order valence-corrected chi connectivity index (χ2v) is 25.6. The fourth-order valence-electron chi connectivity index (χ4n) is 9.66. The average molecular weight is 1170 g/mol. The van der Waals surface area contributed by atoms with E-state index >= 15 is 0 Å². The quantitative estimate of drug-likeness (QED) is 0.0211. The minimum Gasteiger partial charge on any atom is -0.462 e. The smallest absolute Gasteiger partial charge is 0.462 e. The van der Waals surface area contributed by atoms with Crippen LogP contribution >= 0.6 is 7.82 Å². The van der Waals surface area contributed by atoms with E-state index in [9.17, 15) is 19.0 Å². The molecule has 2 atom stereocenters. The summed E-state index contributed by atoms with van der Waals surface area (Å²) < 4.78 is 34.7. The summed E-state index contributed by atoms with van der Waals surface area (Å²) in [6.45, 7) is 4.33. The molecule has 0 saturated heterocycles. The highest BCUT2D eigenvalue weighted by atomic mass is 31.2. The van der Waals surface area contributed by atoms with Gasteiger partial charge in [0, 0.05) is 12.8 Å². The van der Waals surface area contributed by atoms with Crippen LogP contribution in [0, 0.1) is 0 Å². The predicted molar refractivity (Wildman–Crippen MR) is 353 cm³/mol. The summed E-state index contributed by atoms with van der Waals surface area (Å²) in [6, 6.07) is 0. The highest BCUT2D eigenvalue weighted by Gasteiger charge is 2.27. The highest BCUT2D eigenvalue weighted by Crippen LogP contribution is 2.43. The Morgan fingerprint density at radius 3 is 1.04 bits per heavy atom. The van der Waals surface area contributed by atoms with Crippen molar-refractivity contribution in [3.8, 4) is 0 Å². The first-order valence-corrected chi connectivity index (χ1v) is 35.8. The number of esters is 2. The Morgan fingerprint density at radius 2 is 0.695 bits per heavy atom. The summed E-state index contributed by atoms with van der Waals surface area (Å²) in [5.41, 5.74) is 0. The van der Waals surface area contributed by atoms with Gasteiger partial charge in [0.1, 0.15) is 19.8 Å². The lowest BCUT2D eigenvalue weighted by Gasteiger charge is -2.24. The molecule has 0 aromatic carbocycles. The third-order valence-corrected chi connectivity index (χ3v) is 15.9. The van der Waals surface area contributed by atoms with Crippen molar-refractivity contribution in [2.75, 3.05) is 47.5 Å². The topological polar surface area (TPSA) is 108 Å². The molecule has 476 valence electrons. The standard InChI is InChI=1S/C72H130NO8P/c1-6-8-10-12-14-16-18-20-22-24-26-28-30-31-32-33-34-35-36-37-38-39-40-41-43-44-46-48-50-52-54-56-58-60-62-64-71(74)78-68-70(69-80-82(76,77)79-67-66-73(3,4)5)81-72(75)65-63-61-59-57-55-53-51-49-47-45-42-29-27-25-23-21-19-17-15-13-11-9-7-2/h9,11,15,17-18,20-21,23-24,26-27,29,45,47,70H,6-8,10,12-14,16,19,22,25,28,30-44,46,48-69H2,1-5H3/p+1/b11-9-,17-15-,20-18-,23-21-,26-24-,29-27-,47-45-. The third-order valence-electron chi connectivity index (χ3n) is 14.9. The molecule has 0 aliphatic heterocycles. The van der Waals surface area contributed by atoms with E-state index in [-0.39, 0.29) is 32.0 Å². The van der Waals surface area contributed by atoms with Crippen LogP contribution < -0.4 is 0 Å². The summed E-state index contributed by atoms with van der Waals surface area (Å²) in [4.78, 5) is 35.8. The Hall–Kier alpha value is -2.81. The molecule has 0 spiro atoms. The van der Waals surface area contributed by atoms with Gasteiger partial charge in [-0.05, 0) is 89.9 Å². The molecule has 1 N–H and O–H groups in total. The normalized spacial score (nSPS) is 13.7. The number of ether oxygens (including phenoxy) is 2. The van der Waals surface area contributed by atoms with E-state index in [0.717, 1.165) is 83.5 Å². The molecule has 0 heterocycles. The highest BCUT2D eigenvalue weighted by molar-refractivity contribution is 7.47. The van der Waals surface area contributed by atoms with Crippen LogP contribution in [0.15, 0.2) is 85.1 Å². The second kappa shape index (κ2) is 62.7. The second-order valence-electron chi connectivity index (χ2n) is 24.2. The number of quaternary nitrogens is 1. The average Bonchev–Trinajstić information content (AvgIpc) is 3.46. The Kier molecular flexibility index (Phi) is 60.6. The number of phosphoric acid groups is 1. The number of carbonyl (C=O) groups is 2. The van der Waals surface area contributed by atoms with Gasteiger partial charge in [-0.15, -0.1) is 0 Å². The lowest BCUT2D eigenvalue weighted by molar-refractivity contribution is -0.870. The van der Waals surface area contributed by atoms with Gasteiger partial charge in [-0.1, -0.05) is 292 Å². The van der Waals surface area contributed by atoms with Gasteiger partial charge in [0.05, 0.1) is 27.7 Å². The number of phosphoric ester groups is 1. The first-order valence-electron chi connectivity index (χ1n) is 34.3. The molecule has 0 saturated carbocycles. The molecule has 9 nitrogen and oxygen atoms in total. The van der Waals surface area contributed by atoms with E-state index in [4.69, 9.17) is 18.5 Å². The van der Waals surface area contributed by atoms with Crippen LogP contribution in [0.2, 0.25) is 0 Å². The molecule has 10 heteroatoms. The molecule has 0 radical (unpaired) electrons. The number of rotatable bonds is 63. The lowest BCUT2D eigenvalue weighted by atomic mass is 10.0. The molecule has 82 heavy (non-hydrogen) atoms.